The van der Waals surface area contributed by atoms with Gasteiger partial charge in [-0.05, 0) is 45.0 Å². The molecule has 0 aliphatic heterocycles. The van der Waals surface area contributed by atoms with Gasteiger partial charge in [-0.3, -0.25) is 9.59 Å². The molecule has 0 saturated heterocycles. The Morgan fingerprint density at radius 1 is 1.26 bits per heavy atom. The SMILES string of the molecule is CCOc1ccc(C(=O)NC(C)(C)CC(=O)O)cc1. The van der Waals surface area contributed by atoms with Crippen molar-refractivity contribution in [1.29, 1.82) is 0 Å². The maximum Gasteiger partial charge on any atom is 0.305 e. The number of rotatable bonds is 6. The lowest BCUT2D eigenvalue weighted by Crippen LogP contribution is -2.44. The van der Waals surface area contributed by atoms with Crippen molar-refractivity contribution < 1.29 is 19.4 Å². The first-order valence-corrected chi connectivity index (χ1v) is 6.11. The second-order valence-electron chi connectivity index (χ2n) is 4.87. The second kappa shape index (κ2) is 6.22. The van der Waals surface area contributed by atoms with Crippen molar-refractivity contribution in [1.82, 2.24) is 5.32 Å². The molecule has 0 aliphatic carbocycles. The molecule has 0 spiro atoms. The molecule has 5 nitrogen and oxygen atoms in total. The van der Waals surface area contributed by atoms with Crippen LogP contribution in [0.25, 0.3) is 0 Å². The van der Waals surface area contributed by atoms with Crippen LogP contribution in [-0.4, -0.2) is 29.1 Å². The van der Waals surface area contributed by atoms with Gasteiger partial charge in [0.2, 0.25) is 0 Å². The molecule has 1 amide bonds. The molecule has 0 aliphatic rings. The summed E-state index contributed by atoms with van der Waals surface area (Å²) < 4.78 is 5.28. The van der Waals surface area contributed by atoms with Gasteiger partial charge in [-0.1, -0.05) is 0 Å². The average Bonchev–Trinajstić information content (AvgIpc) is 2.27. The Labute approximate surface area is 112 Å². The number of benzene rings is 1. The number of nitrogens with one attached hydrogen (secondary N) is 1. The van der Waals surface area contributed by atoms with Crippen LogP contribution in [0.4, 0.5) is 0 Å². The largest absolute Gasteiger partial charge is 0.494 e. The molecule has 1 rings (SSSR count). The fourth-order valence-electron chi connectivity index (χ4n) is 1.67. The number of amides is 1. The first kappa shape index (κ1) is 15.0. The summed E-state index contributed by atoms with van der Waals surface area (Å²) in [5.74, 6) is -0.546. The molecule has 1 aromatic carbocycles. The summed E-state index contributed by atoms with van der Waals surface area (Å²) in [5.41, 5.74) is -0.316. The van der Waals surface area contributed by atoms with E-state index in [-0.39, 0.29) is 12.3 Å². The molecular weight excluding hydrogens is 246 g/mol. The Morgan fingerprint density at radius 2 is 1.84 bits per heavy atom. The number of aliphatic carboxylic acids is 1. The molecule has 0 radical (unpaired) electrons. The van der Waals surface area contributed by atoms with Crippen molar-refractivity contribution in [2.75, 3.05) is 6.61 Å². The van der Waals surface area contributed by atoms with E-state index in [4.69, 9.17) is 9.84 Å². The van der Waals surface area contributed by atoms with Crippen molar-refractivity contribution in [2.45, 2.75) is 32.7 Å². The number of carboxylic acid groups (broad SMARTS) is 1. The van der Waals surface area contributed by atoms with Crippen molar-refractivity contribution in [3.8, 4) is 5.75 Å². The van der Waals surface area contributed by atoms with Crippen LogP contribution in [-0.2, 0) is 4.79 Å². The van der Waals surface area contributed by atoms with Gasteiger partial charge in [0.05, 0.1) is 13.0 Å². The van der Waals surface area contributed by atoms with Crippen LogP contribution in [0, 0.1) is 0 Å². The highest BCUT2D eigenvalue weighted by Crippen LogP contribution is 2.14. The van der Waals surface area contributed by atoms with E-state index < -0.39 is 11.5 Å². The maximum atomic E-state index is 12.0. The number of hydrogen-bond donors (Lipinski definition) is 2. The molecule has 0 heterocycles. The van der Waals surface area contributed by atoms with Crippen molar-refractivity contribution >= 4 is 11.9 Å². The summed E-state index contributed by atoms with van der Waals surface area (Å²) in [4.78, 5) is 22.6. The van der Waals surface area contributed by atoms with Crippen LogP contribution in [0.15, 0.2) is 24.3 Å². The van der Waals surface area contributed by atoms with Crippen molar-refractivity contribution in [3.05, 3.63) is 29.8 Å². The van der Waals surface area contributed by atoms with Gasteiger partial charge in [0, 0.05) is 11.1 Å². The minimum absolute atomic E-state index is 0.129. The lowest BCUT2D eigenvalue weighted by atomic mass is 10.00. The van der Waals surface area contributed by atoms with Gasteiger partial charge in [-0.2, -0.15) is 0 Å². The third kappa shape index (κ3) is 4.99. The molecule has 5 heteroatoms. The molecule has 104 valence electrons. The van der Waals surface area contributed by atoms with Gasteiger partial charge in [0.25, 0.3) is 5.91 Å². The summed E-state index contributed by atoms with van der Waals surface area (Å²) in [7, 11) is 0. The molecule has 0 unspecified atom stereocenters. The summed E-state index contributed by atoms with van der Waals surface area (Å²) >= 11 is 0. The third-order valence-corrected chi connectivity index (χ3v) is 2.47. The van der Waals surface area contributed by atoms with Gasteiger partial charge in [0.1, 0.15) is 5.75 Å². The van der Waals surface area contributed by atoms with Crippen molar-refractivity contribution in [3.63, 3.8) is 0 Å². The van der Waals surface area contributed by atoms with E-state index in [0.717, 1.165) is 0 Å². The van der Waals surface area contributed by atoms with Crippen LogP contribution >= 0.6 is 0 Å². The maximum absolute atomic E-state index is 12.0. The molecule has 2 N–H and O–H groups in total. The molecule has 0 aromatic heterocycles. The summed E-state index contributed by atoms with van der Waals surface area (Å²) in [6.07, 6.45) is -0.129. The number of carboxylic acids is 1. The molecule has 0 bridgehead atoms. The van der Waals surface area contributed by atoms with Crippen LogP contribution in [0.2, 0.25) is 0 Å². The first-order valence-electron chi connectivity index (χ1n) is 6.11. The van der Waals surface area contributed by atoms with E-state index in [1.165, 1.54) is 0 Å². The lowest BCUT2D eigenvalue weighted by Gasteiger charge is -2.24. The van der Waals surface area contributed by atoms with Gasteiger partial charge < -0.3 is 15.2 Å². The summed E-state index contributed by atoms with van der Waals surface area (Å²) in [6.45, 7) is 5.80. The topological polar surface area (TPSA) is 75.6 Å². The quantitative estimate of drug-likeness (QED) is 0.825. The molecule has 0 atom stereocenters. The predicted molar refractivity (Wildman–Crippen MR) is 71.4 cm³/mol. The predicted octanol–water partition coefficient (Wildman–Crippen LogP) is 2.07. The molecule has 0 saturated carbocycles. The van der Waals surface area contributed by atoms with Crippen LogP contribution in [0.1, 0.15) is 37.6 Å². The summed E-state index contributed by atoms with van der Waals surface area (Å²) in [5, 5.41) is 11.5. The van der Waals surface area contributed by atoms with Crippen molar-refractivity contribution in [2.24, 2.45) is 0 Å². The summed E-state index contributed by atoms with van der Waals surface area (Å²) in [6, 6.07) is 6.72. The zero-order valence-corrected chi connectivity index (χ0v) is 11.4. The van der Waals surface area contributed by atoms with E-state index in [0.29, 0.717) is 17.9 Å². The van der Waals surface area contributed by atoms with Gasteiger partial charge in [-0.15, -0.1) is 0 Å². The van der Waals surface area contributed by atoms with Crippen LogP contribution in [0.5, 0.6) is 5.75 Å². The Kier molecular flexibility index (Phi) is 4.92. The average molecular weight is 265 g/mol. The molecular formula is C14H19NO4. The van der Waals surface area contributed by atoms with Gasteiger partial charge >= 0.3 is 5.97 Å². The van der Waals surface area contributed by atoms with Crippen LogP contribution < -0.4 is 10.1 Å². The third-order valence-electron chi connectivity index (χ3n) is 2.47. The van der Waals surface area contributed by atoms with E-state index in [2.05, 4.69) is 5.32 Å². The normalized spacial score (nSPS) is 10.9. The monoisotopic (exact) mass is 265 g/mol. The first-order chi connectivity index (χ1) is 8.84. The minimum atomic E-state index is -0.947. The highest BCUT2D eigenvalue weighted by atomic mass is 16.5. The fraction of sp³-hybridized carbons (Fsp3) is 0.429. The highest BCUT2D eigenvalue weighted by Gasteiger charge is 2.24. The Morgan fingerprint density at radius 3 is 2.32 bits per heavy atom. The van der Waals surface area contributed by atoms with Crippen LogP contribution in [0.3, 0.4) is 0 Å². The lowest BCUT2D eigenvalue weighted by molar-refractivity contribution is -0.138. The van der Waals surface area contributed by atoms with E-state index in [1.54, 1.807) is 38.1 Å². The molecule has 19 heavy (non-hydrogen) atoms. The number of hydrogen-bond acceptors (Lipinski definition) is 3. The van der Waals surface area contributed by atoms with Gasteiger partial charge in [-0.25, -0.2) is 0 Å². The minimum Gasteiger partial charge on any atom is -0.494 e. The standard InChI is InChI=1S/C14H19NO4/c1-4-19-11-7-5-10(6-8-11)13(18)15-14(2,3)9-12(16)17/h5-8H,4,9H2,1-3H3,(H,15,18)(H,16,17). The van der Waals surface area contributed by atoms with Gasteiger partial charge in [0.15, 0.2) is 0 Å². The highest BCUT2D eigenvalue weighted by molar-refractivity contribution is 5.95. The fourth-order valence-corrected chi connectivity index (χ4v) is 1.67. The van der Waals surface area contributed by atoms with E-state index in [9.17, 15) is 9.59 Å². The molecule has 0 fully saturated rings. The Bertz CT molecular complexity index is 451. The van der Waals surface area contributed by atoms with E-state index in [1.807, 2.05) is 6.92 Å². The smallest absolute Gasteiger partial charge is 0.305 e. The second-order valence-corrected chi connectivity index (χ2v) is 4.87. The van der Waals surface area contributed by atoms with E-state index >= 15 is 0 Å². The number of ether oxygens (including phenoxy) is 1. The zero-order valence-electron chi connectivity index (χ0n) is 11.4. The Hall–Kier alpha value is -2.04. The number of carbonyl (C=O) groups is 2. The number of carbonyl (C=O) groups excluding carboxylic acids is 1. The Balaban J connectivity index is 2.70. The zero-order chi connectivity index (χ0) is 14.5. The molecule has 1 aromatic rings.